The topological polar surface area (TPSA) is 82.2 Å². The van der Waals surface area contributed by atoms with E-state index in [9.17, 15) is 32.3 Å². The van der Waals surface area contributed by atoms with E-state index in [2.05, 4.69) is 10.3 Å². The lowest BCUT2D eigenvalue weighted by Crippen LogP contribution is -2.26. The number of aromatic amines is 1. The summed E-state index contributed by atoms with van der Waals surface area (Å²) >= 11 is 0. The number of anilines is 1. The summed E-state index contributed by atoms with van der Waals surface area (Å²) in [6.45, 7) is 1.95. The standard InChI is InChI=1S/C24H22F4N2O3/c1-23(8-3-2-4-9-23)15-10-16(25)18(11-19(15)31)30-22(33)13-12-29-17-7-5-6-14(24(26,27)28)20(17)21(13)32/h5-7,10-12,31H,2-4,8-9H2,1H3,(H,29,32)(H,30,33). The third-order valence-electron chi connectivity index (χ3n) is 6.40. The maximum absolute atomic E-state index is 14.8. The van der Waals surface area contributed by atoms with Gasteiger partial charge in [-0.1, -0.05) is 32.3 Å². The van der Waals surface area contributed by atoms with Crippen molar-refractivity contribution in [3.8, 4) is 5.75 Å². The van der Waals surface area contributed by atoms with Crippen LogP contribution in [0.15, 0.2) is 41.3 Å². The van der Waals surface area contributed by atoms with Crippen molar-refractivity contribution in [1.29, 1.82) is 0 Å². The molecule has 3 aromatic rings. The van der Waals surface area contributed by atoms with E-state index >= 15 is 0 Å². The molecule has 0 unspecified atom stereocenters. The highest BCUT2D eigenvalue weighted by Crippen LogP contribution is 2.44. The summed E-state index contributed by atoms with van der Waals surface area (Å²) in [7, 11) is 0. The van der Waals surface area contributed by atoms with Gasteiger partial charge < -0.3 is 15.4 Å². The van der Waals surface area contributed by atoms with E-state index in [0.717, 1.165) is 56.5 Å². The Kier molecular flexibility index (Phi) is 5.67. The quantitative estimate of drug-likeness (QED) is 0.426. The number of halogens is 4. The molecule has 2 aromatic carbocycles. The Morgan fingerprint density at radius 1 is 1.15 bits per heavy atom. The second-order valence-electron chi connectivity index (χ2n) is 8.68. The van der Waals surface area contributed by atoms with Crippen molar-refractivity contribution in [2.45, 2.75) is 50.6 Å². The number of pyridine rings is 1. The van der Waals surface area contributed by atoms with E-state index < -0.39 is 45.3 Å². The Morgan fingerprint density at radius 3 is 2.52 bits per heavy atom. The van der Waals surface area contributed by atoms with E-state index in [1.165, 1.54) is 12.1 Å². The molecule has 1 heterocycles. The minimum absolute atomic E-state index is 0.0831. The van der Waals surface area contributed by atoms with Gasteiger partial charge in [-0.2, -0.15) is 13.2 Å². The molecule has 0 spiro atoms. The number of carbonyl (C=O) groups is 1. The van der Waals surface area contributed by atoms with E-state index in [4.69, 9.17) is 0 Å². The molecule has 0 aliphatic heterocycles. The molecule has 5 nitrogen and oxygen atoms in total. The monoisotopic (exact) mass is 462 g/mol. The van der Waals surface area contributed by atoms with Crippen LogP contribution in [0, 0.1) is 5.82 Å². The first-order valence-corrected chi connectivity index (χ1v) is 10.6. The maximum Gasteiger partial charge on any atom is 0.417 e. The molecule has 0 saturated heterocycles. The Balaban J connectivity index is 1.70. The molecule has 0 radical (unpaired) electrons. The van der Waals surface area contributed by atoms with Gasteiger partial charge in [0.15, 0.2) is 0 Å². The second kappa shape index (κ2) is 8.20. The van der Waals surface area contributed by atoms with Gasteiger partial charge in [-0.25, -0.2) is 4.39 Å². The molecule has 3 N–H and O–H groups in total. The lowest BCUT2D eigenvalue weighted by Gasteiger charge is -2.34. The normalized spacial score (nSPS) is 16.0. The van der Waals surface area contributed by atoms with Crippen LogP contribution in [0.4, 0.5) is 23.2 Å². The Hall–Kier alpha value is -3.36. The average Bonchev–Trinajstić information content (AvgIpc) is 2.75. The molecule has 174 valence electrons. The zero-order valence-corrected chi connectivity index (χ0v) is 17.8. The fourth-order valence-electron chi connectivity index (χ4n) is 4.60. The number of benzene rings is 2. The van der Waals surface area contributed by atoms with Gasteiger partial charge in [-0.3, -0.25) is 9.59 Å². The molecule has 0 bridgehead atoms. The molecule has 1 saturated carbocycles. The van der Waals surface area contributed by atoms with Crippen LogP contribution in [0.2, 0.25) is 0 Å². The zero-order valence-electron chi connectivity index (χ0n) is 17.8. The highest BCUT2D eigenvalue weighted by molar-refractivity contribution is 6.06. The maximum atomic E-state index is 14.8. The number of hydrogen-bond acceptors (Lipinski definition) is 3. The molecule has 1 aromatic heterocycles. The molecule has 4 rings (SSSR count). The lowest BCUT2D eigenvalue weighted by atomic mass is 9.70. The first-order chi connectivity index (χ1) is 15.5. The van der Waals surface area contributed by atoms with Gasteiger partial charge >= 0.3 is 6.18 Å². The smallest absolute Gasteiger partial charge is 0.417 e. The van der Waals surface area contributed by atoms with Crippen LogP contribution in [0.1, 0.15) is 60.5 Å². The van der Waals surface area contributed by atoms with Gasteiger partial charge in [0, 0.05) is 23.3 Å². The van der Waals surface area contributed by atoms with E-state index in [1.807, 2.05) is 6.92 Å². The fraction of sp³-hybridized carbons (Fsp3) is 0.333. The number of amides is 1. The van der Waals surface area contributed by atoms with Gasteiger partial charge in [0.05, 0.1) is 16.6 Å². The molecule has 1 aliphatic rings. The lowest BCUT2D eigenvalue weighted by molar-refractivity contribution is -0.136. The molecule has 1 amide bonds. The van der Waals surface area contributed by atoms with Crippen LogP contribution in [-0.2, 0) is 11.6 Å². The van der Waals surface area contributed by atoms with Crippen molar-refractivity contribution in [3.05, 3.63) is 69.3 Å². The number of aromatic nitrogens is 1. The number of phenols is 1. The minimum atomic E-state index is -4.80. The number of aromatic hydroxyl groups is 1. The van der Waals surface area contributed by atoms with Gasteiger partial charge in [-0.05, 0) is 36.5 Å². The highest BCUT2D eigenvalue weighted by atomic mass is 19.4. The molecule has 0 atom stereocenters. The Morgan fingerprint density at radius 2 is 1.85 bits per heavy atom. The summed E-state index contributed by atoms with van der Waals surface area (Å²) in [5.74, 6) is -2.09. The minimum Gasteiger partial charge on any atom is -0.508 e. The second-order valence-corrected chi connectivity index (χ2v) is 8.68. The third-order valence-corrected chi connectivity index (χ3v) is 6.40. The number of phenolic OH excluding ortho intramolecular Hbond substituents is 1. The van der Waals surface area contributed by atoms with Crippen molar-refractivity contribution in [2.75, 3.05) is 5.32 Å². The summed E-state index contributed by atoms with van der Waals surface area (Å²) in [4.78, 5) is 28.0. The van der Waals surface area contributed by atoms with Crippen molar-refractivity contribution in [2.24, 2.45) is 0 Å². The fourth-order valence-corrected chi connectivity index (χ4v) is 4.60. The summed E-state index contributed by atoms with van der Waals surface area (Å²) < 4.78 is 54.9. The number of H-pyrrole nitrogens is 1. The predicted molar refractivity (Wildman–Crippen MR) is 116 cm³/mol. The van der Waals surface area contributed by atoms with Crippen LogP contribution < -0.4 is 10.7 Å². The molecule has 1 aliphatic carbocycles. The number of nitrogens with one attached hydrogen (secondary N) is 2. The first kappa shape index (κ1) is 22.8. The van der Waals surface area contributed by atoms with Gasteiger partial charge in [-0.15, -0.1) is 0 Å². The molecular formula is C24H22F4N2O3. The van der Waals surface area contributed by atoms with Crippen LogP contribution in [-0.4, -0.2) is 16.0 Å². The van der Waals surface area contributed by atoms with E-state index in [1.54, 1.807) is 0 Å². The van der Waals surface area contributed by atoms with Gasteiger partial charge in [0.2, 0.25) is 5.43 Å². The summed E-state index contributed by atoms with van der Waals surface area (Å²) in [5.41, 5.74) is -3.33. The molecule has 33 heavy (non-hydrogen) atoms. The van der Waals surface area contributed by atoms with Crippen molar-refractivity contribution >= 4 is 22.5 Å². The number of rotatable bonds is 3. The summed E-state index contributed by atoms with van der Waals surface area (Å²) in [6.07, 6.45) is 0.754. The number of carbonyl (C=O) groups excluding carboxylic acids is 1. The van der Waals surface area contributed by atoms with Gasteiger partial charge in [0.25, 0.3) is 5.91 Å². The SMILES string of the molecule is CC1(c2cc(F)c(NC(=O)c3c[nH]c4cccc(C(F)(F)F)c4c3=O)cc2O)CCCCC1. The van der Waals surface area contributed by atoms with Crippen LogP contribution >= 0.6 is 0 Å². The molecule has 1 fully saturated rings. The largest absolute Gasteiger partial charge is 0.508 e. The summed E-state index contributed by atoms with van der Waals surface area (Å²) in [6, 6.07) is 5.42. The van der Waals surface area contributed by atoms with Gasteiger partial charge in [0.1, 0.15) is 17.1 Å². The first-order valence-electron chi connectivity index (χ1n) is 10.6. The average molecular weight is 462 g/mol. The van der Waals surface area contributed by atoms with Crippen LogP contribution in [0.3, 0.4) is 0 Å². The number of fused-ring (bicyclic) bond motifs is 1. The summed E-state index contributed by atoms with van der Waals surface area (Å²) in [5, 5.41) is 12.0. The Labute approximate surface area is 186 Å². The number of alkyl halides is 3. The van der Waals surface area contributed by atoms with E-state index in [0.29, 0.717) is 5.56 Å². The van der Waals surface area contributed by atoms with Crippen molar-refractivity contribution < 1.29 is 27.5 Å². The number of hydrogen-bond donors (Lipinski definition) is 3. The van der Waals surface area contributed by atoms with Crippen LogP contribution in [0.5, 0.6) is 5.75 Å². The van der Waals surface area contributed by atoms with Crippen molar-refractivity contribution in [3.63, 3.8) is 0 Å². The highest BCUT2D eigenvalue weighted by Gasteiger charge is 2.35. The predicted octanol–water partition coefficient (Wildman–Crippen LogP) is 5.87. The zero-order chi connectivity index (χ0) is 24.0. The Bertz CT molecular complexity index is 1290. The van der Waals surface area contributed by atoms with Crippen LogP contribution in [0.25, 0.3) is 10.9 Å². The van der Waals surface area contributed by atoms with Crippen molar-refractivity contribution in [1.82, 2.24) is 4.98 Å². The molecular weight excluding hydrogens is 440 g/mol. The molecule has 9 heteroatoms. The van der Waals surface area contributed by atoms with E-state index in [-0.39, 0.29) is 17.0 Å². The third kappa shape index (κ3) is 4.19.